The van der Waals surface area contributed by atoms with Crippen LogP contribution >= 0.6 is 0 Å². The molecule has 34 heavy (non-hydrogen) atoms. The van der Waals surface area contributed by atoms with Crippen molar-refractivity contribution in [3.05, 3.63) is 116 Å². The summed E-state index contributed by atoms with van der Waals surface area (Å²) < 4.78 is 2.90. The quantitative estimate of drug-likeness (QED) is 0.438. The van der Waals surface area contributed by atoms with Crippen LogP contribution in [0.15, 0.2) is 82.4 Å². The first-order chi connectivity index (χ1) is 16.4. The molecule has 0 spiro atoms. The van der Waals surface area contributed by atoms with E-state index < -0.39 is 0 Å². The van der Waals surface area contributed by atoms with E-state index in [0.717, 1.165) is 16.7 Å². The van der Waals surface area contributed by atoms with Crippen LogP contribution in [0.1, 0.15) is 35.1 Å². The van der Waals surface area contributed by atoms with E-state index in [1.807, 2.05) is 68.4 Å². The van der Waals surface area contributed by atoms with Crippen LogP contribution in [0, 0.1) is 13.8 Å². The molecule has 0 unspecified atom stereocenters. The number of hydrogen-bond acceptors (Lipinski definition) is 3. The zero-order chi connectivity index (χ0) is 24.1. The van der Waals surface area contributed by atoms with Gasteiger partial charge in [-0.3, -0.25) is 18.7 Å². The highest BCUT2D eigenvalue weighted by atomic mass is 16.2. The molecule has 1 heterocycles. The van der Waals surface area contributed by atoms with Crippen LogP contribution in [0.25, 0.3) is 10.9 Å². The number of amides is 1. The second kappa shape index (κ2) is 10.3. The van der Waals surface area contributed by atoms with Crippen molar-refractivity contribution in [2.45, 2.75) is 46.3 Å². The molecule has 0 saturated carbocycles. The first-order valence-electron chi connectivity index (χ1n) is 11.5. The van der Waals surface area contributed by atoms with Gasteiger partial charge in [0.1, 0.15) is 0 Å². The van der Waals surface area contributed by atoms with Gasteiger partial charge < -0.3 is 5.32 Å². The number of nitrogens with zero attached hydrogens (tertiary/aromatic N) is 2. The number of hydrogen-bond donors (Lipinski definition) is 1. The molecule has 0 aliphatic carbocycles. The monoisotopic (exact) mass is 455 g/mol. The van der Waals surface area contributed by atoms with Crippen LogP contribution in [0.2, 0.25) is 0 Å². The van der Waals surface area contributed by atoms with Crippen LogP contribution in [-0.2, 0) is 24.4 Å². The average Bonchev–Trinajstić information content (AvgIpc) is 2.83. The van der Waals surface area contributed by atoms with Crippen molar-refractivity contribution in [3.8, 4) is 0 Å². The van der Waals surface area contributed by atoms with E-state index in [1.54, 1.807) is 22.8 Å². The molecule has 174 valence electrons. The van der Waals surface area contributed by atoms with Gasteiger partial charge in [-0.15, -0.1) is 0 Å². The molecule has 6 heteroatoms. The minimum atomic E-state index is -0.356. The van der Waals surface area contributed by atoms with Crippen molar-refractivity contribution in [1.29, 1.82) is 0 Å². The minimum Gasteiger partial charge on any atom is -0.352 e. The maximum atomic E-state index is 13.3. The fraction of sp³-hybridized carbons (Fsp3) is 0.250. The van der Waals surface area contributed by atoms with E-state index in [4.69, 9.17) is 0 Å². The van der Waals surface area contributed by atoms with Gasteiger partial charge in [0.2, 0.25) is 5.91 Å². The number of rotatable bonds is 8. The standard InChI is InChI=1S/C28H29N3O3/c1-20-12-14-22(15-13-20)18-29-26(32)11-6-16-30-27(33)24-9-3-4-10-25(24)31(28(30)34)19-23-8-5-7-21(2)17-23/h3-5,7-10,12-15,17H,6,11,16,18-19H2,1-2H3,(H,29,32). The lowest BCUT2D eigenvalue weighted by molar-refractivity contribution is -0.121. The molecule has 4 aromatic rings. The van der Waals surface area contributed by atoms with Crippen LogP contribution < -0.4 is 16.6 Å². The Morgan fingerprint density at radius 3 is 2.35 bits per heavy atom. The molecule has 0 bridgehead atoms. The first-order valence-corrected chi connectivity index (χ1v) is 11.5. The van der Waals surface area contributed by atoms with Crippen LogP contribution in [0.5, 0.6) is 0 Å². The number of nitrogens with one attached hydrogen (secondary N) is 1. The Kier molecular flexibility index (Phi) is 7.07. The maximum Gasteiger partial charge on any atom is 0.331 e. The van der Waals surface area contributed by atoms with E-state index in [2.05, 4.69) is 5.32 Å². The summed E-state index contributed by atoms with van der Waals surface area (Å²) >= 11 is 0. The minimum absolute atomic E-state index is 0.102. The number of fused-ring (bicyclic) bond motifs is 1. The maximum absolute atomic E-state index is 13.3. The molecule has 0 aliphatic rings. The predicted octanol–water partition coefficient (Wildman–Crippen LogP) is 3.92. The third-order valence-electron chi connectivity index (χ3n) is 5.95. The number of para-hydroxylation sites is 1. The van der Waals surface area contributed by atoms with Gasteiger partial charge in [-0.1, -0.05) is 71.8 Å². The van der Waals surface area contributed by atoms with E-state index in [1.165, 1.54) is 10.1 Å². The van der Waals surface area contributed by atoms with Gasteiger partial charge in [0.15, 0.2) is 0 Å². The average molecular weight is 456 g/mol. The Hall–Kier alpha value is -3.93. The second-order valence-corrected chi connectivity index (χ2v) is 8.70. The fourth-order valence-corrected chi connectivity index (χ4v) is 4.11. The third kappa shape index (κ3) is 5.34. The summed E-state index contributed by atoms with van der Waals surface area (Å²) in [6.45, 7) is 5.05. The summed E-state index contributed by atoms with van der Waals surface area (Å²) in [7, 11) is 0. The Morgan fingerprint density at radius 2 is 1.59 bits per heavy atom. The molecule has 0 fully saturated rings. The van der Waals surface area contributed by atoms with Gasteiger partial charge in [-0.2, -0.15) is 0 Å². The second-order valence-electron chi connectivity index (χ2n) is 8.70. The van der Waals surface area contributed by atoms with Crippen LogP contribution in [0.4, 0.5) is 0 Å². The molecular formula is C28H29N3O3. The molecule has 3 aromatic carbocycles. The zero-order valence-corrected chi connectivity index (χ0v) is 19.6. The summed E-state index contributed by atoms with van der Waals surface area (Å²) in [5, 5.41) is 3.40. The molecule has 1 N–H and O–H groups in total. The van der Waals surface area contributed by atoms with Crippen molar-refractivity contribution in [2.75, 3.05) is 0 Å². The zero-order valence-electron chi connectivity index (χ0n) is 19.6. The molecular weight excluding hydrogens is 426 g/mol. The van der Waals surface area contributed by atoms with Crippen LogP contribution in [0.3, 0.4) is 0 Å². The van der Waals surface area contributed by atoms with E-state index in [9.17, 15) is 14.4 Å². The number of carbonyl (C=O) groups is 1. The lowest BCUT2D eigenvalue weighted by Gasteiger charge is -2.14. The Bertz CT molecular complexity index is 1430. The summed E-state index contributed by atoms with van der Waals surface area (Å²) in [6.07, 6.45) is 0.639. The van der Waals surface area contributed by atoms with Crippen molar-refractivity contribution in [3.63, 3.8) is 0 Å². The SMILES string of the molecule is Cc1ccc(CNC(=O)CCCn2c(=O)c3ccccc3n(Cc3cccc(C)c3)c2=O)cc1. The number of aromatic nitrogens is 2. The van der Waals surface area contributed by atoms with Gasteiger partial charge in [0, 0.05) is 19.5 Å². The molecule has 0 saturated heterocycles. The van der Waals surface area contributed by atoms with Crippen molar-refractivity contribution in [1.82, 2.24) is 14.5 Å². The van der Waals surface area contributed by atoms with Gasteiger partial charge in [0.25, 0.3) is 5.56 Å². The molecule has 1 aromatic heterocycles. The highest BCUT2D eigenvalue weighted by Crippen LogP contribution is 2.12. The topological polar surface area (TPSA) is 73.1 Å². The molecule has 0 radical (unpaired) electrons. The normalized spacial score (nSPS) is 11.0. The first kappa shape index (κ1) is 23.2. The molecule has 0 aliphatic heterocycles. The summed E-state index contributed by atoms with van der Waals surface area (Å²) in [5.74, 6) is -0.102. The Morgan fingerprint density at radius 1 is 0.824 bits per heavy atom. The van der Waals surface area contributed by atoms with E-state index >= 15 is 0 Å². The Labute approximate surface area is 198 Å². The number of benzene rings is 3. The summed E-state index contributed by atoms with van der Waals surface area (Å²) in [6, 6.07) is 23.2. The smallest absolute Gasteiger partial charge is 0.331 e. The van der Waals surface area contributed by atoms with Gasteiger partial charge in [-0.25, -0.2) is 4.79 Å². The van der Waals surface area contributed by atoms with E-state index in [0.29, 0.717) is 30.4 Å². The summed E-state index contributed by atoms with van der Waals surface area (Å²) in [5.41, 5.74) is 4.25. The molecule has 4 rings (SSSR count). The molecule has 1 amide bonds. The highest BCUT2D eigenvalue weighted by molar-refractivity contribution is 5.78. The number of carbonyl (C=O) groups excluding carboxylic acids is 1. The largest absolute Gasteiger partial charge is 0.352 e. The lowest BCUT2D eigenvalue weighted by atomic mass is 10.1. The van der Waals surface area contributed by atoms with Gasteiger partial charge in [0.05, 0.1) is 17.4 Å². The van der Waals surface area contributed by atoms with E-state index in [-0.39, 0.29) is 30.1 Å². The van der Waals surface area contributed by atoms with Crippen LogP contribution in [-0.4, -0.2) is 15.0 Å². The summed E-state index contributed by atoms with van der Waals surface area (Å²) in [4.78, 5) is 38.7. The van der Waals surface area contributed by atoms with Gasteiger partial charge in [-0.05, 0) is 43.5 Å². The Balaban J connectivity index is 1.50. The van der Waals surface area contributed by atoms with Crippen molar-refractivity contribution in [2.24, 2.45) is 0 Å². The predicted molar refractivity (Wildman–Crippen MR) is 135 cm³/mol. The fourth-order valence-electron chi connectivity index (χ4n) is 4.11. The van der Waals surface area contributed by atoms with Gasteiger partial charge >= 0.3 is 5.69 Å². The number of aryl methyl sites for hydroxylation is 2. The van der Waals surface area contributed by atoms with Crippen molar-refractivity contribution >= 4 is 16.8 Å². The third-order valence-corrected chi connectivity index (χ3v) is 5.95. The van der Waals surface area contributed by atoms with Crippen molar-refractivity contribution < 1.29 is 4.79 Å². The molecule has 6 nitrogen and oxygen atoms in total. The lowest BCUT2D eigenvalue weighted by Crippen LogP contribution is -2.40. The molecule has 0 atom stereocenters. The highest BCUT2D eigenvalue weighted by Gasteiger charge is 2.14.